The Morgan fingerprint density at radius 2 is 1.76 bits per heavy atom. The molecule has 3 rings (SSSR count). The molecule has 0 radical (unpaired) electrons. The van der Waals surface area contributed by atoms with Crippen molar-refractivity contribution in [1.29, 1.82) is 0 Å². The summed E-state index contributed by atoms with van der Waals surface area (Å²) in [5.41, 5.74) is 3.78. The maximum absolute atomic E-state index is 12.5. The Morgan fingerprint density at radius 3 is 2.33 bits per heavy atom. The van der Waals surface area contributed by atoms with Gasteiger partial charge in [-0.2, -0.15) is 0 Å². The van der Waals surface area contributed by atoms with E-state index in [1.807, 2.05) is 32.9 Å². The lowest BCUT2D eigenvalue weighted by atomic mass is 10.0. The molecule has 1 aliphatic rings. The third-order valence-corrected chi connectivity index (χ3v) is 6.94. The van der Waals surface area contributed by atoms with Gasteiger partial charge < -0.3 is 14.8 Å². The largest absolute Gasteiger partial charge is 0.449 e. The number of hydrogen-bond donors (Lipinski definition) is 2. The highest BCUT2D eigenvalue weighted by atomic mass is 32.2. The van der Waals surface area contributed by atoms with Crippen molar-refractivity contribution in [2.45, 2.75) is 57.6 Å². The molecular weight excluding hydrogens is 444 g/mol. The SMILES string of the molecule is Cc1cc(C)c(NC(=O)C(C)OC(=O)c2ccc(S(=O)(=O)NCC3CCCO3)cc2)c(C)c1. The average molecular weight is 475 g/mol. The molecule has 0 spiro atoms. The molecule has 2 aromatic rings. The van der Waals surface area contributed by atoms with E-state index < -0.39 is 28.0 Å². The number of nitrogens with one attached hydrogen (secondary N) is 2. The van der Waals surface area contributed by atoms with Crippen molar-refractivity contribution in [3.63, 3.8) is 0 Å². The molecule has 1 heterocycles. The molecule has 8 nitrogen and oxygen atoms in total. The molecule has 2 unspecified atom stereocenters. The highest BCUT2D eigenvalue weighted by molar-refractivity contribution is 7.89. The summed E-state index contributed by atoms with van der Waals surface area (Å²) in [7, 11) is -3.72. The number of hydrogen-bond acceptors (Lipinski definition) is 6. The van der Waals surface area contributed by atoms with Gasteiger partial charge in [-0.25, -0.2) is 17.9 Å². The first-order valence-corrected chi connectivity index (χ1v) is 12.4. The zero-order valence-electron chi connectivity index (χ0n) is 19.3. The zero-order chi connectivity index (χ0) is 24.2. The van der Waals surface area contributed by atoms with Crippen molar-refractivity contribution < 1.29 is 27.5 Å². The molecule has 2 N–H and O–H groups in total. The van der Waals surface area contributed by atoms with Crippen LogP contribution in [0.15, 0.2) is 41.3 Å². The fourth-order valence-corrected chi connectivity index (χ4v) is 4.81. The van der Waals surface area contributed by atoms with Gasteiger partial charge in [0, 0.05) is 18.8 Å². The van der Waals surface area contributed by atoms with Gasteiger partial charge in [-0.1, -0.05) is 17.7 Å². The lowest BCUT2D eigenvalue weighted by Crippen LogP contribution is -2.32. The minimum absolute atomic E-state index is 0.0353. The molecule has 0 aromatic heterocycles. The predicted molar refractivity (Wildman–Crippen MR) is 125 cm³/mol. The summed E-state index contributed by atoms with van der Waals surface area (Å²) in [6.45, 7) is 8.12. The summed E-state index contributed by atoms with van der Waals surface area (Å²) in [4.78, 5) is 25.1. The molecule has 1 aliphatic heterocycles. The molecule has 2 aromatic carbocycles. The Labute approximate surface area is 194 Å². The highest BCUT2D eigenvalue weighted by Crippen LogP contribution is 2.22. The van der Waals surface area contributed by atoms with E-state index >= 15 is 0 Å². The van der Waals surface area contributed by atoms with Crippen LogP contribution in [0.3, 0.4) is 0 Å². The quantitative estimate of drug-likeness (QED) is 0.568. The van der Waals surface area contributed by atoms with Crippen molar-refractivity contribution in [3.05, 3.63) is 58.7 Å². The predicted octanol–water partition coefficient (Wildman–Crippen LogP) is 3.25. The molecule has 33 heavy (non-hydrogen) atoms. The smallest absolute Gasteiger partial charge is 0.338 e. The monoisotopic (exact) mass is 474 g/mol. The van der Waals surface area contributed by atoms with Gasteiger partial charge >= 0.3 is 5.97 Å². The molecular formula is C24H30N2O6S. The highest BCUT2D eigenvalue weighted by Gasteiger charge is 2.23. The van der Waals surface area contributed by atoms with E-state index in [-0.39, 0.29) is 23.1 Å². The number of carbonyl (C=O) groups is 2. The second kappa shape index (κ2) is 10.5. The Bertz CT molecular complexity index is 1100. The Hall–Kier alpha value is -2.75. The molecule has 9 heteroatoms. The summed E-state index contributed by atoms with van der Waals surface area (Å²) >= 11 is 0. The van der Waals surface area contributed by atoms with E-state index in [1.54, 1.807) is 0 Å². The van der Waals surface area contributed by atoms with Crippen LogP contribution in [-0.2, 0) is 24.3 Å². The number of ether oxygens (including phenoxy) is 2. The van der Waals surface area contributed by atoms with Crippen molar-refractivity contribution in [2.24, 2.45) is 0 Å². The van der Waals surface area contributed by atoms with Gasteiger partial charge in [0.05, 0.1) is 16.6 Å². The maximum atomic E-state index is 12.5. The van der Waals surface area contributed by atoms with E-state index in [9.17, 15) is 18.0 Å². The number of rotatable bonds is 8. The third-order valence-electron chi connectivity index (χ3n) is 5.50. The van der Waals surface area contributed by atoms with Gasteiger partial charge in [-0.05, 0) is 75.9 Å². The van der Waals surface area contributed by atoms with Gasteiger partial charge in [0.2, 0.25) is 10.0 Å². The van der Waals surface area contributed by atoms with E-state index in [0.717, 1.165) is 29.5 Å². The third kappa shape index (κ3) is 6.40. The van der Waals surface area contributed by atoms with Gasteiger partial charge in [0.25, 0.3) is 5.91 Å². The Balaban J connectivity index is 1.59. The van der Waals surface area contributed by atoms with Crippen molar-refractivity contribution >= 4 is 27.6 Å². The van der Waals surface area contributed by atoms with Crippen LogP contribution in [0, 0.1) is 20.8 Å². The molecule has 2 atom stereocenters. The van der Waals surface area contributed by atoms with Crippen molar-refractivity contribution in [2.75, 3.05) is 18.5 Å². The van der Waals surface area contributed by atoms with Crippen LogP contribution in [0.4, 0.5) is 5.69 Å². The second-order valence-electron chi connectivity index (χ2n) is 8.32. The van der Waals surface area contributed by atoms with Gasteiger partial charge in [0.15, 0.2) is 6.10 Å². The first-order valence-electron chi connectivity index (χ1n) is 10.9. The van der Waals surface area contributed by atoms with Crippen LogP contribution >= 0.6 is 0 Å². The zero-order valence-corrected chi connectivity index (χ0v) is 20.1. The minimum Gasteiger partial charge on any atom is -0.449 e. The molecule has 0 saturated carbocycles. The summed E-state index contributed by atoms with van der Waals surface area (Å²) in [6.07, 6.45) is 0.592. The van der Waals surface area contributed by atoms with Crippen LogP contribution in [0.25, 0.3) is 0 Å². The molecule has 0 aliphatic carbocycles. The number of sulfonamides is 1. The molecule has 1 amide bonds. The van der Waals surface area contributed by atoms with E-state index in [1.165, 1.54) is 31.2 Å². The number of aryl methyl sites for hydroxylation is 3. The normalized spacial score (nSPS) is 16.9. The van der Waals surface area contributed by atoms with Crippen LogP contribution in [0.2, 0.25) is 0 Å². The molecule has 1 fully saturated rings. The lowest BCUT2D eigenvalue weighted by molar-refractivity contribution is -0.123. The number of carbonyl (C=O) groups excluding carboxylic acids is 2. The Kier molecular flexibility index (Phi) is 7.88. The fourth-order valence-electron chi connectivity index (χ4n) is 3.75. The van der Waals surface area contributed by atoms with Gasteiger partial charge in [-0.3, -0.25) is 4.79 Å². The number of amides is 1. The van der Waals surface area contributed by atoms with Crippen LogP contribution in [0.1, 0.15) is 46.8 Å². The van der Waals surface area contributed by atoms with Crippen molar-refractivity contribution in [3.8, 4) is 0 Å². The fraction of sp³-hybridized carbons (Fsp3) is 0.417. The van der Waals surface area contributed by atoms with Gasteiger partial charge in [0.1, 0.15) is 0 Å². The minimum atomic E-state index is -3.72. The topological polar surface area (TPSA) is 111 Å². The summed E-state index contributed by atoms with van der Waals surface area (Å²) in [5.74, 6) is -1.16. The summed E-state index contributed by atoms with van der Waals surface area (Å²) < 4.78 is 38.1. The maximum Gasteiger partial charge on any atom is 0.338 e. The van der Waals surface area contributed by atoms with E-state index in [0.29, 0.717) is 12.3 Å². The molecule has 1 saturated heterocycles. The first-order chi connectivity index (χ1) is 15.6. The van der Waals surface area contributed by atoms with Crippen LogP contribution in [-0.4, -0.2) is 45.7 Å². The lowest BCUT2D eigenvalue weighted by Gasteiger charge is -2.17. The number of benzene rings is 2. The molecule has 0 bridgehead atoms. The summed E-state index contributed by atoms with van der Waals surface area (Å²) in [5, 5.41) is 2.81. The summed E-state index contributed by atoms with van der Waals surface area (Å²) in [6, 6.07) is 9.31. The van der Waals surface area contributed by atoms with E-state index in [4.69, 9.17) is 9.47 Å². The molecule has 178 valence electrons. The van der Waals surface area contributed by atoms with E-state index in [2.05, 4.69) is 10.0 Å². The number of esters is 1. The van der Waals surface area contributed by atoms with Crippen LogP contribution in [0.5, 0.6) is 0 Å². The Morgan fingerprint density at radius 1 is 1.12 bits per heavy atom. The van der Waals surface area contributed by atoms with Gasteiger partial charge in [-0.15, -0.1) is 0 Å². The van der Waals surface area contributed by atoms with Crippen molar-refractivity contribution in [1.82, 2.24) is 4.72 Å². The number of anilines is 1. The second-order valence-corrected chi connectivity index (χ2v) is 10.1. The van der Waals surface area contributed by atoms with Crippen LogP contribution < -0.4 is 10.0 Å². The standard InChI is InChI=1S/C24H30N2O6S/c1-15-12-16(2)22(17(3)13-15)26-23(27)18(4)32-24(28)19-7-9-21(10-8-19)33(29,30)25-14-20-6-5-11-31-20/h7-10,12-13,18,20,25H,5-6,11,14H2,1-4H3,(H,26,27). The first kappa shape index (κ1) is 24.9. The average Bonchev–Trinajstić information content (AvgIpc) is 3.28.